The first-order valence-corrected chi connectivity index (χ1v) is 6.13. The minimum atomic E-state index is -0.228. The molecule has 0 fully saturated rings. The van der Waals surface area contributed by atoms with Crippen molar-refractivity contribution in [1.82, 2.24) is 14.7 Å². The van der Waals surface area contributed by atoms with Gasteiger partial charge in [0.05, 0.1) is 19.8 Å². The van der Waals surface area contributed by atoms with Crippen molar-refractivity contribution in [2.45, 2.75) is 6.92 Å². The van der Waals surface area contributed by atoms with Crippen LogP contribution in [0.15, 0.2) is 24.5 Å². The fraction of sp³-hybridized carbons (Fsp3) is 0.385. The standard InChI is InChI=1S/C13H17N3O3/c1-10-2-4-16-9-11(15-12(16)8-10)13(18)14-3-6-19-7-5-17/h2,4,8-9,17H,3,5-7H2,1H3,(H,14,18). The van der Waals surface area contributed by atoms with Gasteiger partial charge in [-0.15, -0.1) is 0 Å². The summed E-state index contributed by atoms with van der Waals surface area (Å²) in [6, 6.07) is 3.88. The summed E-state index contributed by atoms with van der Waals surface area (Å²) in [5, 5.41) is 11.2. The lowest BCUT2D eigenvalue weighted by atomic mass is 10.3. The van der Waals surface area contributed by atoms with E-state index < -0.39 is 0 Å². The van der Waals surface area contributed by atoms with Crippen LogP contribution in [0, 0.1) is 6.92 Å². The van der Waals surface area contributed by atoms with E-state index in [2.05, 4.69) is 10.3 Å². The van der Waals surface area contributed by atoms with Gasteiger partial charge in [0, 0.05) is 18.9 Å². The van der Waals surface area contributed by atoms with Crippen LogP contribution in [0.1, 0.15) is 16.1 Å². The molecule has 0 saturated carbocycles. The number of hydrogen-bond acceptors (Lipinski definition) is 4. The SMILES string of the molecule is Cc1ccn2cc(C(=O)NCCOCCO)nc2c1. The number of ether oxygens (including phenoxy) is 1. The Hall–Kier alpha value is -1.92. The average Bonchev–Trinajstić information content (AvgIpc) is 2.81. The van der Waals surface area contributed by atoms with Gasteiger partial charge in [0.25, 0.3) is 5.91 Å². The highest BCUT2D eigenvalue weighted by Gasteiger charge is 2.09. The summed E-state index contributed by atoms with van der Waals surface area (Å²) >= 11 is 0. The average molecular weight is 263 g/mol. The lowest BCUT2D eigenvalue weighted by Gasteiger charge is -2.03. The normalized spacial score (nSPS) is 10.8. The quantitative estimate of drug-likeness (QED) is 0.739. The smallest absolute Gasteiger partial charge is 0.271 e. The van der Waals surface area contributed by atoms with Gasteiger partial charge >= 0.3 is 0 Å². The lowest BCUT2D eigenvalue weighted by Crippen LogP contribution is -2.27. The van der Waals surface area contributed by atoms with Crippen LogP contribution in [-0.2, 0) is 4.74 Å². The van der Waals surface area contributed by atoms with Crippen LogP contribution in [0.5, 0.6) is 0 Å². The highest BCUT2D eigenvalue weighted by molar-refractivity contribution is 5.92. The van der Waals surface area contributed by atoms with Crippen LogP contribution < -0.4 is 5.32 Å². The van der Waals surface area contributed by atoms with Gasteiger partial charge in [-0.05, 0) is 24.6 Å². The molecule has 19 heavy (non-hydrogen) atoms. The maximum absolute atomic E-state index is 11.8. The molecule has 0 spiro atoms. The third-order valence-electron chi connectivity index (χ3n) is 2.62. The van der Waals surface area contributed by atoms with Crippen molar-refractivity contribution in [3.8, 4) is 0 Å². The molecule has 0 aliphatic rings. The molecule has 6 heteroatoms. The zero-order valence-corrected chi connectivity index (χ0v) is 10.8. The van der Waals surface area contributed by atoms with Crippen LogP contribution in [0.3, 0.4) is 0 Å². The monoisotopic (exact) mass is 263 g/mol. The van der Waals surface area contributed by atoms with Crippen molar-refractivity contribution in [2.24, 2.45) is 0 Å². The second-order valence-corrected chi connectivity index (χ2v) is 4.19. The summed E-state index contributed by atoms with van der Waals surface area (Å²) in [5.41, 5.74) is 2.23. The first kappa shape index (κ1) is 13.5. The van der Waals surface area contributed by atoms with Crippen molar-refractivity contribution >= 4 is 11.6 Å². The maximum Gasteiger partial charge on any atom is 0.271 e. The zero-order valence-electron chi connectivity index (χ0n) is 10.8. The number of pyridine rings is 1. The van der Waals surface area contributed by atoms with E-state index in [0.717, 1.165) is 11.2 Å². The Kier molecular flexibility index (Phi) is 4.48. The number of carbonyl (C=O) groups is 1. The molecule has 6 nitrogen and oxygen atoms in total. The number of aromatic nitrogens is 2. The van der Waals surface area contributed by atoms with Crippen molar-refractivity contribution in [3.05, 3.63) is 35.8 Å². The van der Waals surface area contributed by atoms with Crippen LogP contribution in [0.2, 0.25) is 0 Å². The molecule has 102 valence electrons. The molecular weight excluding hydrogens is 246 g/mol. The second-order valence-electron chi connectivity index (χ2n) is 4.19. The van der Waals surface area contributed by atoms with Gasteiger partial charge in [-0.2, -0.15) is 0 Å². The molecule has 2 aromatic heterocycles. The topological polar surface area (TPSA) is 75.9 Å². The summed E-state index contributed by atoms with van der Waals surface area (Å²) in [7, 11) is 0. The molecule has 0 unspecified atom stereocenters. The zero-order chi connectivity index (χ0) is 13.7. The van der Waals surface area contributed by atoms with Gasteiger partial charge in [0.2, 0.25) is 0 Å². The Bertz CT molecular complexity index is 565. The number of aliphatic hydroxyl groups is 1. The molecule has 0 radical (unpaired) electrons. The molecule has 0 bridgehead atoms. The third-order valence-corrected chi connectivity index (χ3v) is 2.62. The van der Waals surface area contributed by atoms with E-state index in [0.29, 0.717) is 18.8 Å². The highest BCUT2D eigenvalue weighted by atomic mass is 16.5. The molecule has 0 atom stereocenters. The van der Waals surface area contributed by atoms with Gasteiger partial charge in [0.1, 0.15) is 11.3 Å². The van der Waals surface area contributed by atoms with E-state index >= 15 is 0 Å². The number of nitrogens with zero attached hydrogens (tertiary/aromatic N) is 2. The molecule has 0 saturated heterocycles. The van der Waals surface area contributed by atoms with E-state index in [4.69, 9.17) is 9.84 Å². The summed E-state index contributed by atoms with van der Waals surface area (Å²) < 4.78 is 6.86. The van der Waals surface area contributed by atoms with Crippen molar-refractivity contribution in [1.29, 1.82) is 0 Å². The molecule has 2 heterocycles. The number of amides is 1. The third kappa shape index (κ3) is 3.52. The van der Waals surface area contributed by atoms with Gasteiger partial charge < -0.3 is 19.6 Å². The Morgan fingerprint density at radius 1 is 1.53 bits per heavy atom. The Morgan fingerprint density at radius 2 is 2.37 bits per heavy atom. The van der Waals surface area contributed by atoms with E-state index in [1.807, 2.05) is 29.7 Å². The Labute approximate surface area is 111 Å². The first-order chi connectivity index (χ1) is 9.20. The number of aryl methyl sites for hydroxylation is 1. The predicted octanol–water partition coefficient (Wildman–Crippen LogP) is 0.381. The summed E-state index contributed by atoms with van der Waals surface area (Å²) in [5.74, 6) is -0.228. The van der Waals surface area contributed by atoms with Crippen LogP contribution in [-0.4, -0.2) is 46.8 Å². The van der Waals surface area contributed by atoms with Gasteiger partial charge in [-0.1, -0.05) is 0 Å². The molecule has 0 aliphatic heterocycles. The van der Waals surface area contributed by atoms with E-state index in [-0.39, 0.29) is 19.1 Å². The van der Waals surface area contributed by atoms with Gasteiger partial charge in [-0.3, -0.25) is 4.79 Å². The highest BCUT2D eigenvalue weighted by Crippen LogP contribution is 2.07. The first-order valence-electron chi connectivity index (χ1n) is 6.13. The van der Waals surface area contributed by atoms with Crippen molar-refractivity contribution < 1.29 is 14.6 Å². The summed E-state index contributed by atoms with van der Waals surface area (Å²) in [4.78, 5) is 16.1. The molecule has 2 N–H and O–H groups in total. The largest absolute Gasteiger partial charge is 0.394 e. The second kappa shape index (κ2) is 6.31. The van der Waals surface area contributed by atoms with Crippen molar-refractivity contribution in [2.75, 3.05) is 26.4 Å². The molecule has 0 aromatic carbocycles. The van der Waals surface area contributed by atoms with E-state index in [1.165, 1.54) is 0 Å². The molecule has 0 aliphatic carbocycles. The number of imidazole rings is 1. The lowest BCUT2D eigenvalue weighted by molar-refractivity contribution is 0.0835. The number of carbonyl (C=O) groups excluding carboxylic acids is 1. The number of rotatable bonds is 6. The van der Waals surface area contributed by atoms with Crippen molar-refractivity contribution in [3.63, 3.8) is 0 Å². The maximum atomic E-state index is 11.8. The van der Waals surface area contributed by atoms with Crippen LogP contribution in [0.25, 0.3) is 5.65 Å². The van der Waals surface area contributed by atoms with Crippen LogP contribution in [0.4, 0.5) is 0 Å². The van der Waals surface area contributed by atoms with Gasteiger partial charge in [-0.25, -0.2) is 4.98 Å². The number of fused-ring (bicyclic) bond motifs is 1. The van der Waals surface area contributed by atoms with Gasteiger partial charge in [0.15, 0.2) is 0 Å². The number of aliphatic hydroxyl groups excluding tert-OH is 1. The Morgan fingerprint density at radius 3 is 3.16 bits per heavy atom. The number of nitrogens with one attached hydrogen (secondary N) is 1. The molecule has 2 rings (SSSR count). The Balaban J connectivity index is 1.94. The molecular formula is C13H17N3O3. The van der Waals surface area contributed by atoms with E-state index in [1.54, 1.807) is 6.20 Å². The summed E-state index contributed by atoms with van der Waals surface area (Å²) in [6.07, 6.45) is 3.57. The molecule has 1 amide bonds. The fourth-order valence-electron chi connectivity index (χ4n) is 1.69. The fourth-order valence-corrected chi connectivity index (χ4v) is 1.69. The minimum absolute atomic E-state index is 0.0142. The molecule has 2 aromatic rings. The summed E-state index contributed by atoms with van der Waals surface area (Å²) in [6.45, 7) is 3.01. The van der Waals surface area contributed by atoms with E-state index in [9.17, 15) is 4.79 Å². The van der Waals surface area contributed by atoms with Crippen LogP contribution >= 0.6 is 0 Å². The number of hydrogen-bond donors (Lipinski definition) is 2. The predicted molar refractivity (Wildman–Crippen MR) is 70.2 cm³/mol. The minimum Gasteiger partial charge on any atom is -0.394 e.